The molecular weight excluding hydrogens is 293 g/mol. The lowest BCUT2D eigenvalue weighted by Gasteiger charge is -2.16. The molecule has 0 aliphatic heterocycles. The van der Waals surface area contributed by atoms with Crippen LogP contribution in [-0.2, 0) is 13.0 Å². The molecule has 1 aromatic carbocycles. The van der Waals surface area contributed by atoms with Crippen LogP contribution >= 0.6 is 23.2 Å². The van der Waals surface area contributed by atoms with Crippen LogP contribution in [0.3, 0.4) is 0 Å². The molecule has 0 aliphatic carbocycles. The summed E-state index contributed by atoms with van der Waals surface area (Å²) >= 11 is 12.5. The molecule has 0 fully saturated rings. The fraction of sp³-hybridized carbons (Fsp3) is 0.400. The summed E-state index contributed by atoms with van der Waals surface area (Å²) < 4.78 is 1.97. The van der Waals surface area contributed by atoms with Gasteiger partial charge >= 0.3 is 0 Å². The van der Waals surface area contributed by atoms with Gasteiger partial charge in [-0.3, -0.25) is 4.68 Å². The molecule has 0 radical (unpaired) electrons. The molecule has 108 valence electrons. The van der Waals surface area contributed by atoms with Crippen LogP contribution in [0.25, 0.3) is 0 Å². The highest BCUT2D eigenvalue weighted by atomic mass is 35.5. The van der Waals surface area contributed by atoms with Crippen molar-refractivity contribution in [1.82, 2.24) is 15.1 Å². The second kappa shape index (κ2) is 7.11. The quantitative estimate of drug-likeness (QED) is 0.870. The molecule has 0 aliphatic rings. The molecule has 1 atom stereocenters. The highest BCUT2D eigenvalue weighted by molar-refractivity contribution is 6.36. The smallest absolute Gasteiger partial charge is 0.0537 e. The van der Waals surface area contributed by atoms with Gasteiger partial charge < -0.3 is 5.32 Å². The molecular formula is C15H19Cl2N3. The number of likely N-dealkylation sites (N-methyl/N-ethyl adjacent to an activating group) is 1. The minimum Gasteiger partial charge on any atom is -0.313 e. The third kappa shape index (κ3) is 3.54. The molecule has 1 heterocycles. The molecule has 0 spiro atoms. The van der Waals surface area contributed by atoms with E-state index in [0.717, 1.165) is 30.5 Å². The molecule has 1 aromatic heterocycles. The van der Waals surface area contributed by atoms with Crippen LogP contribution in [0, 0.1) is 0 Å². The average molecular weight is 312 g/mol. The van der Waals surface area contributed by atoms with Crippen molar-refractivity contribution >= 4 is 23.2 Å². The van der Waals surface area contributed by atoms with E-state index in [4.69, 9.17) is 23.2 Å². The summed E-state index contributed by atoms with van der Waals surface area (Å²) in [6.45, 7) is 3.07. The first-order valence-corrected chi connectivity index (χ1v) is 7.53. The number of benzene rings is 1. The summed E-state index contributed by atoms with van der Waals surface area (Å²) in [5.74, 6) is 0. The Kier molecular flexibility index (Phi) is 5.46. The Labute approximate surface area is 129 Å². The van der Waals surface area contributed by atoms with Crippen LogP contribution in [0.4, 0.5) is 0 Å². The molecule has 1 N–H and O–H groups in total. The predicted molar refractivity (Wildman–Crippen MR) is 84.5 cm³/mol. The van der Waals surface area contributed by atoms with Gasteiger partial charge in [0, 0.05) is 34.4 Å². The van der Waals surface area contributed by atoms with Gasteiger partial charge in [0.05, 0.1) is 6.20 Å². The van der Waals surface area contributed by atoms with Gasteiger partial charge in [-0.15, -0.1) is 0 Å². The number of rotatable bonds is 6. The summed E-state index contributed by atoms with van der Waals surface area (Å²) in [5.41, 5.74) is 2.12. The van der Waals surface area contributed by atoms with Crippen molar-refractivity contribution in [3.05, 3.63) is 51.8 Å². The number of nitrogens with zero attached hydrogens (tertiary/aromatic N) is 2. The molecule has 2 rings (SSSR count). The molecule has 0 amide bonds. The van der Waals surface area contributed by atoms with Crippen molar-refractivity contribution in [2.24, 2.45) is 0 Å². The van der Waals surface area contributed by atoms with Crippen LogP contribution in [0.2, 0.25) is 10.0 Å². The number of hydrogen-bond donors (Lipinski definition) is 1. The maximum atomic E-state index is 6.24. The topological polar surface area (TPSA) is 29.9 Å². The van der Waals surface area contributed by atoms with Gasteiger partial charge in [-0.2, -0.15) is 5.10 Å². The van der Waals surface area contributed by atoms with Crippen LogP contribution in [0.1, 0.15) is 30.5 Å². The summed E-state index contributed by atoms with van der Waals surface area (Å²) in [6, 6.07) is 5.76. The summed E-state index contributed by atoms with van der Waals surface area (Å²) in [4.78, 5) is 0. The Morgan fingerprint density at radius 1 is 1.30 bits per heavy atom. The zero-order valence-corrected chi connectivity index (χ0v) is 13.2. The lowest BCUT2D eigenvalue weighted by atomic mass is 10.0. The fourth-order valence-corrected chi connectivity index (χ4v) is 2.78. The van der Waals surface area contributed by atoms with E-state index in [0.29, 0.717) is 10.0 Å². The number of aromatic nitrogens is 2. The van der Waals surface area contributed by atoms with E-state index in [9.17, 15) is 0 Å². The normalized spacial score (nSPS) is 12.6. The number of nitrogens with one attached hydrogen (secondary N) is 1. The lowest BCUT2D eigenvalue weighted by molar-refractivity contribution is 0.582. The van der Waals surface area contributed by atoms with Crippen LogP contribution < -0.4 is 5.32 Å². The average Bonchev–Trinajstić information content (AvgIpc) is 2.87. The predicted octanol–water partition coefficient (Wildman–Crippen LogP) is 4.10. The van der Waals surface area contributed by atoms with Crippen molar-refractivity contribution in [3.63, 3.8) is 0 Å². The SMILES string of the molecule is CCCn1cc(C(Cc2c(Cl)cccc2Cl)NC)cn1. The maximum absolute atomic E-state index is 6.24. The minimum absolute atomic E-state index is 0.151. The lowest BCUT2D eigenvalue weighted by Crippen LogP contribution is -2.18. The van der Waals surface area contributed by atoms with Crippen LogP contribution in [-0.4, -0.2) is 16.8 Å². The van der Waals surface area contributed by atoms with Crippen molar-refractivity contribution in [2.45, 2.75) is 32.4 Å². The standard InChI is InChI=1S/C15H19Cl2N3/c1-3-7-20-10-11(9-19-20)15(18-2)8-12-13(16)5-4-6-14(12)17/h4-6,9-10,15,18H,3,7-8H2,1-2H3. The zero-order chi connectivity index (χ0) is 14.5. The number of halogens is 2. The van der Waals surface area contributed by atoms with Crippen molar-refractivity contribution < 1.29 is 0 Å². The molecule has 0 bridgehead atoms. The van der Waals surface area contributed by atoms with Crippen molar-refractivity contribution in [1.29, 1.82) is 0 Å². The van der Waals surface area contributed by atoms with E-state index in [2.05, 4.69) is 23.5 Å². The van der Waals surface area contributed by atoms with Gasteiger partial charge in [-0.1, -0.05) is 36.2 Å². The van der Waals surface area contributed by atoms with E-state index >= 15 is 0 Å². The van der Waals surface area contributed by atoms with Crippen molar-refractivity contribution in [3.8, 4) is 0 Å². The molecule has 1 unspecified atom stereocenters. The Balaban J connectivity index is 2.20. The van der Waals surface area contributed by atoms with E-state index in [1.54, 1.807) is 0 Å². The fourth-order valence-electron chi connectivity index (χ4n) is 2.23. The van der Waals surface area contributed by atoms with Crippen LogP contribution in [0.15, 0.2) is 30.6 Å². The monoisotopic (exact) mass is 311 g/mol. The number of aryl methyl sites for hydroxylation is 1. The van der Waals surface area contributed by atoms with Crippen molar-refractivity contribution in [2.75, 3.05) is 7.05 Å². The third-order valence-corrected chi connectivity index (χ3v) is 4.03. The molecule has 2 aromatic rings. The largest absolute Gasteiger partial charge is 0.313 e. The van der Waals surface area contributed by atoms with Crippen LogP contribution in [0.5, 0.6) is 0 Å². The third-order valence-electron chi connectivity index (χ3n) is 3.33. The summed E-state index contributed by atoms with van der Waals surface area (Å²) in [6.07, 6.45) is 5.80. The Morgan fingerprint density at radius 3 is 2.60 bits per heavy atom. The highest BCUT2D eigenvalue weighted by Crippen LogP contribution is 2.29. The van der Waals surface area contributed by atoms with Gasteiger partial charge in [0.25, 0.3) is 0 Å². The van der Waals surface area contributed by atoms with Gasteiger partial charge in [0.15, 0.2) is 0 Å². The molecule has 0 saturated carbocycles. The van der Waals surface area contributed by atoms with E-state index < -0.39 is 0 Å². The van der Waals surface area contributed by atoms with Gasteiger partial charge in [0.2, 0.25) is 0 Å². The van der Waals surface area contributed by atoms with E-state index in [1.165, 1.54) is 0 Å². The first kappa shape index (κ1) is 15.4. The van der Waals surface area contributed by atoms with Gasteiger partial charge in [0.1, 0.15) is 0 Å². The molecule has 20 heavy (non-hydrogen) atoms. The highest BCUT2D eigenvalue weighted by Gasteiger charge is 2.16. The Hall–Kier alpha value is -1.03. The molecule has 3 nitrogen and oxygen atoms in total. The van der Waals surface area contributed by atoms with Gasteiger partial charge in [-0.25, -0.2) is 0 Å². The summed E-state index contributed by atoms with van der Waals surface area (Å²) in [5, 5.41) is 9.09. The first-order valence-electron chi connectivity index (χ1n) is 6.78. The zero-order valence-electron chi connectivity index (χ0n) is 11.7. The van der Waals surface area contributed by atoms with E-state index in [-0.39, 0.29) is 6.04 Å². The second-order valence-electron chi connectivity index (χ2n) is 4.78. The maximum Gasteiger partial charge on any atom is 0.0537 e. The van der Waals surface area contributed by atoms with E-state index in [1.807, 2.05) is 36.1 Å². The van der Waals surface area contributed by atoms with Gasteiger partial charge in [-0.05, 0) is 37.6 Å². The Bertz CT molecular complexity index is 546. The molecule has 0 saturated heterocycles. The first-order chi connectivity index (χ1) is 9.65. The second-order valence-corrected chi connectivity index (χ2v) is 5.60. The number of hydrogen-bond acceptors (Lipinski definition) is 2. The molecule has 5 heteroatoms. The minimum atomic E-state index is 0.151. The summed E-state index contributed by atoms with van der Waals surface area (Å²) in [7, 11) is 1.94. The Morgan fingerprint density at radius 2 is 2.00 bits per heavy atom.